The van der Waals surface area contributed by atoms with Crippen molar-refractivity contribution in [3.05, 3.63) is 63.9 Å². The molecule has 4 nitrogen and oxygen atoms in total. The fourth-order valence-corrected chi connectivity index (χ4v) is 2.44. The summed E-state index contributed by atoms with van der Waals surface area (Å²) in [5.41, 5.74) is 1.91. The van der Waals surface area contributed by atoms with Crippen LogP contribution in [-0.4, -0.2) is 11.8 Å². The highest BCUT2D eigenvalue weighted by molar-refractivity contribution is 9.10. The average molecular weight is 379 g/mol. The van der Waals surface area contributed by atoms with Gasteiger partial charge in [0.05, 0.1) is 6.42 Å². The van der Waals surface area contributed by atoms with Crippen LogP contribution in [0.3, 0.4) is 0 Å². The summed E-state index contributed by atoms with van der Waals surface area (Å²) in [5.74, 6) is -0.698. The molecule has 2 N–H and O–H groups in total. The van der Waals surface area contributed by atoms with Gasteiger partial charge in [0, 0.05) is 29.2 Å². The second-order valence-corrected chi connectivity index (χ2v) is 5.98. The summed E-state index contributed by atoms with van der Waals surface area (Å²) in [4.78, 5) is 22.9. The molecule has 0 spiro atoms. The van der Waals surface area contributed by atoms with Crippen LogP contribution in [0.5, 0.6) is 0 Å². The zero-order valence-electron chi connectivity index (χ0n) is 12.5. The normalized spacial score (nSPS) is 10.2. The van der Waals surface area contributed by atoms with E-state index in [-0.39, 0.29) is 30.6 Å². The molecular weight excluding hydrogens is 363 g/mol. The number of carbonyl (C=O) groups excluding carboxylic acids is 2. The zero-order valence-corrected chi connectivity index (χ0v) is 14.1. The Morgan fingerprint density at radius 2 is 1.83 bits per heavy atom. The van der Waals surface area contributed by atoms with Gasteiger partial charge in [0.1, 0.15) is 5.82 Å². The topological polar surface area (TPSA) is 58.2 Å². The van der Waals surface area contributed by atoms with Gasteiger partial charge in [-0.05, 0) is 35.9 Å². The fourth-order valence-electron chi connectivity index (χ4n) is 2.03. The summed E-state index contributed by atoms with van der Waals surface area (Å²) in [6.45, 7) is 1.57. The van der Waals surface area contributed by atoms with Gasteiger partial charge in [0.25, 0.3) is 0 Å². The molecule has 0 aliphatic carbocycles. The highest BCUT2D eigenvalue weighted by atomic mass is 79.9. The average Bonchev–Trinajstić information content (AvgIpc) is 2.50. The first-order valence-corrected chi connectivity index (χ1v) is 7.80. The number of nitrogens with one attached hydrogen (secondary N) is 2. The molecule has 6 heteroatoms. The lowest BCUT2D eigenvalue weighted by atomic mass is 10.1. The Bertz CT molecular complexity index is 717. The highest BCUT2D eigenvalue weighted by Crippen LogP contribution is 2.15. The highest BCUT2D eigenvalue weighted by Gasteiger charge is 2.07. The van der Waals surface area contributed by atoms with Crippen molar-refractivity contribution >= 4 is 33.4 Å². The van der Waals surface area contributed by atoms with Crippen molar-refractivity contribution < 1.29 is 14.0 Å². The maximum absolute atomic E-state index is 13.6. The van der Waals surface area contributed by atoms with Crippen molar-refractivity contribution in [2.75, 3.05) is 5.32 Å². The van der Waals surface area contributed by atoms with Gasteiger partial charge >= 0.3 is 0 Å². The Balaban J connectivity index is 1.89. The minimum Gasteiger partial charge on any atom is -0.352 e. The summed E-state index contributed by atoms with van der Waals surface area (Å²) in [7, 11) is 0. The molecule has 0 radical (unpaired) electrons. The summed E-state index contributed by atoms with van der Waals surface area (Å²) >= 11 is 3.27. The number of hydrogen-bond acceptors (Lipinski definition) is 2. The molecule has 0 saturated carbocycles. The quantitative estimate of drug-likeness (QED) is 0.837. The van der Waals surface area contributed by atoms with Gasteiger partial charge in [-0.15, -0.1) is 0 Å². The second kappa shape index (κ2) is 7.87. The van der Waals surface area contributed by atoms with Crippen LogP contribution in [0.2, 0.25) is 0 Å². The van der Waals surface area contributed by atoms with E-state index in [1.165, 1.54) is 13.0 Å². The monoisotopic (exact) mass is 378 g/mol. The predicted octanol–water partition coefficient (Wildman–Crippen LogP) is 3.41. The lowest BCUT2D eigenvalue weighted by Crippen LogP contribution is -2.25. The van der Waals surface area contributed by atoms with Gasteiger partial charge in [-0.3, -0.25) is 9.59 Å². The van der Waals surface area contributed by atoms with Gasteiger partial charge in [-0.1, -0.05) is 28.1 Å². The molecule has 2 rings (SSSR count). The smallest absolute Gasteiger partial charge is 0.224 e. The number of carbonyl (C=O) groups is 2. The molecule has 120 valence electrons. The van der Waals surface area contributed by atoms with Crippen LogP contribution in [0.15, 0.2) is 46.9 Å². The standard InChI is InChI=1S/C17H16BrFN2O2/c1-11(22)21-15-5-2-12(3-6-15)8-17(23)20-10-13-9-14(18)4-7-16(13)19/h2-7,9H,8,10H2,1H3,(H,20,23)(H,21,22). The summed E-state index contributed by atoms with van der Waals surface area (Å²) in [6, 6.07) is 11.6. The van der Waals surface area contributed by atoms with E-state index in [1.807, 2.05) is 0 Å². The number of rotatable bonds is 5. The second-order valence-electron chi connectivity index (χ2n) is 5.07. The van der Waals surface area contributed by atoms with Crippen molar-refractivity contribution in [2.24, 2.45) is 0 Å². The van der Waals surface area contributed by atoms with E-state index >= 15 is 0 Å². The Kier molecular flexibility index (Phi) is 5.87. The van der Waals surface area contributed by atoms with E-state index in [1.54, 1.807) is 36.4 Å². The number of benzene rings is 2. The molecule has 2 aromatic rings. The Labute approximate surface area is 142 Å². The number of hydrogen-bond donors (Lipinski definition) is 2. The maximum Gasteiger partial charge on any atom is 0.224 e. The van der Waals surface area contributed by atoms with Gasteiger partial charge in [-0.2, -0.15) is 0 Å². The molecule has 0 bridgehead atoms. The number of anilines is 1. The molecule has 0 unspecified atom stereocenters. The fraction of sp³-hybridized carbons (Fsp3) is 0.176. The van der Waals surface area contributed by atoms with Crippen LogP contribution in [0.25, 0.3) is 0 Å². The maximum atomic E-state index is 13.6. The van der Waals surface area contributed by atoms with Crippen LogP contribution >= 0.6 is 15.9 Å². The molecule has 2 amide bonds. The van der Waals surface area contributed by atoms with Crippen molar-refractivity contribution in [2.45, 2.75) is 19.9 Å². The lowest BCUT2D eigenvalue weighted by Gasteiger charge is -2.08. The van der Waals surface area contributed by atoms with Crippen LogP contribution in [0.4, 0.5) is 10.1 Å². The van der Waals surface area contributed by atoms with E-state index in [9.17, 15) is 14.0 Å². The lowest BCUT2D eigenvalue weighted by molar-refractivity contribution is -0.120. The third kappa shape index (κ3) is 5.49. The Morgan fingerprint density at radius 3 is 2.48 bits per heavy atom. The van der Waals surface area contributed by atoms with E-state index in [4.69, 9.17) is 0 Å². The van der Waals surface area contributed by atoms with Gasteiger partial charge in [0.15, 0.2) is 0 Å². The van der Waals surface area contributed by atoms with Crippen LogP contribution in [0, 0.1) is 5.82 Å². The minimum atomic E-state index is -0.354. The molecule has 0 aliphatic heterocycles. The summed E-state index contributed by atoms with van der Waals surface area (Å²) in [5, 5.41) is 5.35. The van der Waals surface area contributed by atoms with Crippen molar-refractivity contribution in [1.29, 1.82) is 0 Å². The third-order valence-electron chi connectivity index (χ3n) is 3.12. The first kappa shape index (κ1) is 17.1. The minimum absolute atomic E-state index is 0.133. The largest absolute Gasteiger partial charge is 0.352 e. The number of amides is 2. The van der Waals surface area contributed by atoms with Crippen molar-refractivity contribution in [3.63, 3.8) is 0 Å². The zero-order chi connectivity index (χ0) is 16.8. The summed E-state index contributed by atoms with van der Waals surface area (Å²) in [6.07, 6.45) is 0.190. The van der Waals surface area contributed by atoms with E-state index in [0.29, 0.717) is 11.3 Å². The van der Waals surface area contributed by atoms with Crippen LogP contribution in [-0.2, 0) is 22.6 Å². The first-order chi connectivity index (χ1) is 10.9. The third-order valence-corrected chi connectivity index (χ3v) is 3.62. The van der Waals surface area contributed by atoms with Crippen LogP contribution in [0.1, 0.15) is 18.1 Å². The molecule has 0 fully saturated rings. The van der Waals surface area contributed by atoms with Crippen LogP contribution < -0.4 is 10.6 Å². The molecule has 23 heavy (non-hydrogen) atoms. The molecule has 0 saturated heterocycles. The van der Waals surface area contributed by atoms with E-state index in [0.717, 1.165) is 10.0 Å². The van der Waals surface area contributed by atoms with Crippen molar-refractivity contribution in [1.82, 2.24) is 5.32 Å². The first-order valence-electron chi connectivity index (χ1n) is 7.01. The SMILES string of the molecule is CC(=O)Nc1ccc(CC(=O)NCc2cc(Br)ccc2F)cc1. The van der Waals surface area contributed by atoms with Gasteiger partial charge in [-0.25, -0.2) is 4.39 Å². The van der Waals surface area contributed by atoms with Crippen molar-refractivity contribution in [3.8, 4) is 0 Å². The molecule has 0 heterocycles. The summed E-state index contributed by atoms with van der Waals surface area (Å²) < 4.78 is 14.3. The number of halogens is 2. The molecule has 2 aromatic carbocycles. The van der Waals surface area contributed by atoms with Gasteiger partial charge < -0.3 is 10.6 Å². The molecule has 0 atom stereocenters. The Morgan fingerprint density at radius 1 is 1.13 bits per heavy atom. The van der Waals surface area contributed by atoms with E-state index in [2.05, 4.69) is 26.6 Å². The van der Waals surface area contributed by atoms with Gasteiger partial charge in [0.2, 0.25) is 11.8 Å². The molecular formula is C17H16BrFN2O2. The van der Waals surface area contributed by atoms with E-state index < -0.39 is 0 Å². The molecule has 0 aliphatic rings. The Hall–Kier alpha value is -2.21. The molecule has 0 aromatic heterocycles. The predicted molar refractivity (Wildman–Crippen MR) is 90.4 cm³/mol.